The van der Waals surface area contributed by atoms with Crippen molar-refractivity contribution in [3.05, 3.63) is 65.7 Å². The molecule has 0 aliphatic carbocycles. The van der Waals surface area contributed by atoms with E-state index < -0.39 is 0 Å². The third-order valence-electron chi connectivity index (χ3n) is 1.50. The Kier molecular flexibility index (Phi) is 4.07. The van der Waals surface area contributed by atoms with Crippen LogP contribution >= 0.6 is 11.6 Å². The number of benzene rings is 1. The molecule has 13 heavy (non-hydrogen) atoms. The maximum Gasteiger partial charge on any atom is 0.0411 e. The Morgan fingerprint density at radius 1 is 1.15 bits per heavy atom. The smallest absolute Gasteiger partial charge is 0.0411 e. The van der Waals surface area contributed by atoms with E-state index in [1.54, 1.807) is 6.08 Å². The van der Waals surface area contributed by atoms with Crippen molar-refractivity contribution in [2.24, 2.45) is 0 Å². The van der Waals surface area contributed by atoms with Crippen molar-refractivity contribution in [3.8, 4) is 0 Å². The summed E-state index contributed by atoms with van der Waals surface area (Å²) in [6.07, 6.45) is 9.48. The van der Waals surface area contributed by atoms with E-state index >= 15 is 0 Å². The SMILES string of the molecule is C=CC=CC=Cc1cccc(Cl)c1. The molecule has 1 aromatic rings. The lowest BCUT2D eigenvalue weighted by atomic mass is 10.2. The Hall–Kier alpha value is -1.27. The third-order valence-corrected chi connectivity index (χ3v) is 1.73. The first-order chi connectivity index (χ1) is 6.33. The van der Waals surface area contributed by atoms with Crippen molar-refractivity contribution in [2.75, 3.05) is 0 Å². The van der Waals surface area contributed by atoms with Gasteiger partial charge in [0.25, 0.3) is 0 Å². The van der Waals surface area contributed by atoms with Gasteiger partial charge in [-0.15, -0.1) is 0 Å². The Morgan fingerprint density at radius 3 is 2.69 bits per heavy atom. The van der Waals surface area contributed by atoms with E-state index in [9.17, 15) is 0 Å². The highest BCUT2D eigenvalue weighted by molar-refractivity contribution is 6.30. The molecule has 66 valence electrons. The molecule has 0 fully saturated rings. The summed E-state index contributed by atoms with van der Waals surface area (Å²) < 4.78 is 0. The standard InChI is InChI=1S/C12H11Cl/c1-2-3-4-5-7-11-8-6-9-12(13)10-11/h2-10H,1H2. The topological polar surface area (TPSA) is 0 Å². The van der Waals surface area contributed by atoms with Gasteiger partial charge in [0.05, 0.1) is 0 Å². The Balaban J connectivity index is 2.68. The van der Waals surface area contributed by atoms with Gasteiger partial charge in [-0.2, -0.15) is 0 Å². The summed E-state index contributed by atoms with van der Waals surface area (Å²) in [5, 5.41) is 0.759. The molecular formula is C12H11Cl. The van der Waals surface area contributed by atoms with Gasteiger partial charge in [-0.25, -0.2) is 0 Å². The zero-order valence-corrected chi connectivity index (χ0v) is 8.04. The van der Waals surface area contributed by atoms with Gasteiger partial charge in [-0.05, 0) is 17.7 Å². The highest BCUT2D eigenvalue weighted by atomic mass is 35.5. The zero-order valence-electron chi connectivity index (χ0n) is 7.28. The van der Waals surface area contributed by atoms with Gasteiger partial charge in [0, 0.05) is 5.02 Å². The van der Waals surface area contributed by atoms with Gasteiger partial charge in [-0.1, -0.05) is 60.7 Å². The first-order valence-electron chi connectivity index (χ1n) is 4.04. The van der Waals surface area contributed by atoms with Crippen LogP contribution in [0.4, 0.5) is 0 Å². The second-order valence-corrected chi connectivity index (χ2v) is 2.97. The molecule has 0 N–H and O–H groups in total. The highest BCUT2D eigenvalue weighted by Gasteiger charge is 1.86. The lowest BCUT2D eigenvalue weighted by Gasteiger charge is -1.92. The van der Waals surface area contributed by atoms with Crippen molar-refractivity contribution in [1.29, 1.82) is 0 Å². The summed E-state index contributed by atoms with van der Waals surface area (Å²) in [7, 11) is 0. The van der Waals surface area contributed by atoms with Crippen molar-refractivity contribution in [2.45, 2.75) is 0 Å². The van der Waals surface area contributed by atoms with Gasteiger partial charge in [0.15, 0.2) is 0 Å². The maximum atomic E-state index is 5.82. The van der Waals surface area contributed by atoms with Crippen LogP contribution < -0.4 is 0 Å². The average molecular weight is 191 g/mol. The van der Waals surface area contributed by atoms with Crippen LogP contribution in [0.3, 0.4) is 0 Å². The molecule has 1 rings (SSSR count). The Morgan fingerprint density at radius 2 is 2.00 bits per heavy atom. The van der Waals surface area contributed by atoms with Crippen molar-refractivity contribution >= 4 is 17.7 Å². The van der Waals surface area contributed by atoms with E-state index in [0.717, 1.165) is 10.6 Å². The number of hydrogen-bond donors (Lipinski definition) is 0. The van der Waals surface area contributed by atoms with E-state index in [1.807, 2.05) is 48.6 Å². The maximum absolute atomic E-state index is 5.82. The van der Waals surface area contributed by atoms with Crippen molar-refractivity contribution in [1.82, 2.24) is 0 Å². The van der Waals surface area contributed by atoms with Crippen molar-refractivity contribution in [3.63, 3.8) is 0 Å². The normalized spacial score (nSPS) is 11.2. The van der Waals surface area contributed by atoms with Gasteiger partial charge < -0.3 is 0 Å². The molecule has 0 radical (unpaired) electrons. The molecule has 0 heterocycles. The van der Waals surface area contributed by atoms with E-state index in [1.165, 1.54) is 0 Å². The fourth-order valence-electron chi connectivity index (χ4n) is 0.920. The van der Waals surface area contributed by atoms with Crippen LogP contribution in [-0.4, -0.2) is 0 Å². The summed E-state index contributed by atoms with van der Waals surface area (Å²) in [6, 6.07) is 7.71. The summed E-state index contributed by atoms with van der Waals surface area (Å²) in [5.41, 5.74) is 1.10. The summed E-state index contributed by atoms with van der Waals surface area (Å²) in [4.78, 5) is 0. The molecule has 0 spiro atoms. The molecule has 0 unspecified atom stereocenters. The summed E-state index contributed by atoms with van der Waals surface area (Å²) >= 11 is 5.82. The first-order valence-corrected chi connectivity index (χ1v) is 4.42. The fourth-order valence-corrected chi connectivity index (χ4v) is 1.12. The molecule has 0 nitrogen and oxygen atoms in total. The molecule has 0 aliphatic heterocycles. The number of hydrogen-bond acceptors (Lipinski definition) is 0. The second-order valence-electron chi connectivity index (χ2n) is 2.53. The van der Waals surface area contributed by atoms with Crippen LogP contribution in [0.25, 0.3) is 6.08 Å². The molecule has 1 aromatic carbocycles. The molecule has 0 amide bonds. The minimum atomic E-state index is 0.759. The van der Waals surface area contributed by atoms with Gasteiger partial charge >= 0.3 is 0 Å². The minimum Gasteiger partial charge on any atom is -0.0991 e. The molecule has 0 bridgehead atoms. The molecule has 0 saturated carbocycles. The Bertz CT molecular complexity index is 335. The average Bonchev–Trinajstić information content (AvgIpc) is 2.13. The molecule has 0 atom stereocenters. The number of rotatable bonds is 3. The second kappa shape index (κ2) is 5.39. The largest absolute Gasteiger partial charge is 0.0991 e. The molecule has 1 heteroatoms. The molecule has 0 aromatic heterocycles. The van der Waals surface area contributed by atoms with E-state index in [0.29, 0.717) is 0 Å². The quantitative estimate of drug-likeness (QED) is 0.630. The van der Waals surface area contributed by atoms with Crippen LogP contribution in [0.15, 0.2) is 55.1 Å². The number of allylic oxidation sites excluding steroid dienone is 4. The number of halogens is 1. The van der Waals surface area contributed by atoms with Crippen molar-refractivity contribution < 1.29 is 0 Å². The molecular weight excluding hydrogens is 180 g/mol. The van der Waals surface area contributed by atoms with E-state index in [2.05, 4.69) is 6.58 Å². The lowest BCUT2D eigenvalue weighted by molar-refractivity contribution is 1.66. The first kappa shape index (κ1) is 9.82. The zero-order chi connectivity index (χ0) is 9.52. The monoisotopic (exact) mass is 190 g/mol. The fraction of sp³-hybridized carbons (Fsp3) is 0. The predicted molar refractivity (Wildman–Crippen MR) is 59.8 cm³/mol. The lowest BCUT2D eigenvalue weighted by Crippen LogP contribution is -1.69. The van der Waals surface area contributed by atoms with Gasteiger partial charge in [0.1, 0.15) is 0 Å². The van der Waals surface area contributed by atoms with E-state index in [-0.39, 0.29) is 0 Å². The van der Waals surface area contributed by atoms with Crippen LogP contribution in [0.1, 0.15) is 5.56 Å². The van der Waals surface area contributed by atoms with Crippen LogP contribution in [0.5, 0.6) is 0 Å². The molecule has 0 aliphatic rings. The minimum absolute atomic E-state index is 0.759. The summed E-state index contributed by atoms with van der Waals surface area (Å²) in [6.45, 7) is 3.58. The highest BCUT2D eigenvalue weighted by Crippen LogP contribution is 2.11. The van der Waals surface area contributed by atoms with Crippen LogP contribution in [-0.2, 0) is 0 Å². The Labute approximate surface area is 83.9 Å². The molecule has 0 saturated heterocycles. The van der Waals surface area contributed by atoms with Crippen LogP contribution in [0.2, 0.25) is 5.02 Å². The third kappa shape index (κ3) is 3.77. The van der Waals surface area contributed by atoms with Gasteiger partial charge in [0.2, 0.25) is 0 Å². The van der Waals surface area contributed by atoms with Gasteiger partial charge in [-0.3, -0.25) is 0 Å². The predicted octanol–water partition coefficient (Wildman–Crippen LogP) is 4.10. The van der Waals surface area contributed by atoms with Crippen LogP contribution in [0, 0.1) is 0 Å². The van der Waals surface area contributed by atoms with E-state index in [4.69, 9.17) is 11.6 Å². The summed E-state index contributed by atoms with van der Waals surface area (Å²) in [5.74, 6) is 0.